The maximum atomic E-state index is 14.0. The second-order valence-corrected chi connectivity index (χ2v) is 7.48. The van der Waals surface area contributed by atoms with Gasteiger partial charge in [-0.15, -0.1) is 0 Å². The molecule has 0 spiro atoms. The number of halogens is 1. The van der Waals surface area contributed by atoms with Crippen LogP contribution in [-0.2, 0) is 9.59 Å². The molecule has 0 aliphatic rings. The minimum absolute atomic E-state index is 0.0586. The zero-order chi connectivity index (χ0) is 19.1. The van der Waals surface area contributed by atoms with Crippen molar-refractivity contribution in [1.82, 2.24) is 0 Å². The lowest BCUT2D eigenvalue weighted by Gasteiger charge is -2.02. The molecule has 0 aliphatic carbocycles. The van der Waals surface area contributed by atoms with Crippen LogP contribution in [0, 0.1) is 5.82 Å². The van der Waals surface area contributed by atoms with Gasteiger partial charge in [-0.3, -0.25) is 9.59 Å². The van der Waals surface area contributed by atoms with Crippen molar-refractivity contribution < 1.29 is 14.0 Å². The smallest absolute Gasteiger partial charge is 0.219 e. The Balaban J connectivity index is 2.06. The molecule has 132 valence electrons. The van der Waals surface area contributed by atoms with Crippen molar-refractivity contribution in [2.45, 2.75) is 16.7 Å². The van der Waals surface area contributed by atoms with Crippen LogP contribution in [0.15, 0.2) is 77.1 Å². The van der Waals surface area contributed by atoms with E-state index in [1.807, 2.05) is 30.3 Å². The molecular weight excluding hydrogens is 367 g/mol. The van der Waals surface area contributed by atoms with Crippen LogP contribution in [0.5, 0.6) is 0 Å². The molecule has 0 unspecified atom stereocenters. The van der Waals surface area contributed by atoms with E-state index in [-0.39, 0.29) is 15.1 Å². The highest BCUT2D eigenvalue weighted by atomic mass is 32.2. The van der Waals surface area contributed by atoms with Crippen molar-refractivity contribution in [2.75, 3.05) is 0 Å². The van der Waals surface area contributed by atoms with E-state index in [4.69, 9.17) is 0 Å². The van der Waals surface area contributed by atoms with Crippen LogP contribution >= 0.6 is 23.5 Å². The Hall–Kier alpha value is -2.37. The Morgan fingerprint density at radius 1 is 1.00 bits per heavy atom. The van der Waals surface area contributed by atoms with Gasteiger partial charge in [0, 0.05) is 4.90 Å². The fourth-order valence-corrected chi connectivity index (χ4v) is 3.14. The van der Waals surface area contributed by atoms with Gasteiger partial charge in [0.05, 0.1) is 4.90 Å². The minimum atomic E-state index is -0.447. The highest BCUT2D eigenvalue weighted by molar-refractivity contribution is 8.14. The van der Waals surface area contributed by atoms with E-state index in [1.165, 1.54) is 6.07 Å². The minimum Gasteiger partial charge on any atom is -0.282 e. The number of thioether (sulfide) groups is 2. The normalized spacial score (nSPS) is 10.7. The molecule has 0 N–H and O–H groups in total. The van der Waals surface area contributed by atoms with Crippen LogP contribution in [-0.4, -0.2) is 10.2 Å². The van der Waals surface area contributed by atoms with Gasteiger partial charge in [-0.25, -0.2) is 4.39 Å². The zero-order valence-corrected chi connectivity index (χ0v) is 15.8. The van der Waals surface area contributed by atoms with E-state index in [0.29, 0.717) is 11.1 Å². The first kappa shape index (κ1) is 19.9. The summed E-state index contributed by atoms with van der Waals surface area (Å²) in [6, 6.07) is 12.2. The van der Waals surface area contributed by atoms with Crippen LogP contribution in [0.3, 0.4) is 0 Å². The average molecular weight is 384 g/mol. The predicted molar refractivity (Wildman–Crippen MR) is 109 cm³/mol. The second kappa shape index (κ2) is 9.36. The van der Waals surface area contributed by atoms with Crippen LogP contribution < -0.4 is 0 Å². The van der Waals surface area contributed by atoms with E-state index in [9.17, 15) is 14.0 Å². The van der Waals surface area contributed by atoms with Gasteiger partial charge < -0.3 is 0 Å². The molecule has 0 bridgehead atoms. The zero-order valence-electron chi connectivity index (χ0n) is 14.2. The van der Waals surface area contributed by atoms with E-state index < -0.39 is 5.82 Å². The van der Waals surface area contributed by atoms with E-state index in [0.717, 1.165) is 40.1 Å². The van der Waals surface area contributed by atoms with Gasteiger partial charge >= 0.3 is 0 Å². The summed E-state index contributed by atoms with van der Waals surface area (Å²) in [7, 11) is 0. The summed E-state index contributed by atoms with van der Waals surface area (Å²) in [6.07, 6.45) is 4.79. The molecule has 0 saturated heterocycles. The number of carbonyl (C=O) groups excluding carboxylic acids is 2. The summed E-state index contributed by atoms with van der Waals surface area (Å²) in [5, 5.41) is -0.355. The Bertz CT molecular complexity index is 883. The number of hydrogen-bond acceptors (Lipinski definition) is 4. The average Bonchev–Trinajstić information content (AvgIpc) is 2.62. The van der Waals surface area contributed by atoms with Gasteiger partial charge in [0.15, 0.2) is 0 Å². The van der Waals surface area contributed by atoms with Crippen LogP contribution in [0.1, 0.15) is 18.1 Å². The molecule has 0 aromatic heterocycles. The van der Waals surface area contributed by atoms with Crippen LogP contribution in [0.2, 0.25) is 0 Å². The van der Waals surface area contributed by atoms with Crippen LogP contribution in [0.4, 0.5) is 4.39 Å². The Labute approximate surface area is 160 Å². The van der Waals surface area contributed by atoms with Gasteiger partial charge in [0.2, 0.25) is 10.2 Å². The van der Waals surface area contributed by atoms with Gasteiger partial charge in [-0.05, 0) is 77.5 Å². The Morgan fingerprint density at radius 3 is 2.19 bits per heavy atom. The molecule has 2 nitrogen and oxygen atoms in total. The number of benzene rings is 2. The monoisotopic (exact) mass is 384 g/mol. The van der Waals surface area contributed by atoms with Gasteiger partial charge in [-0.2, -0.15) is 0 Å². The highest BCUT2D eigenvalue weighted by Crippen LogP contribution is 2.25. The van der Waals surface area contributed by atoms with Crippen molar-refractivity contribution in [1.29, 1.82) is 0 Å². The summed E-state index contributed by atoms with van der Waals surface area (Å²) >= 11 is 1.95. The molecule has 0 radical (unpaired) electrons. The first-order chi connectivity index (χ1) is 12.4. The molecule has 0 saturated carbocycles. The molecule has 2 aromatic rings. The molecule has 0 fully saturated rings. The fourth-order valence-electron chi connectivity index (χ4n) is 1.89. The summed E-state index contributed by atoms with van der Waals surface area (Å²) in [4.78, 5) is 24.1. The molecule has 0 amide bonds. The Morgan fingerprint density at radius 2 is 1.62 bits per heavy atom. The van der Waals surface area contributed by atoms with Crippen molar-refractivity contribution >= 4 is 45.9 Å². The largest absolute Gasteiger partial charge is 0.282 e. The maximum absolute atomic E-state index is 14.0. The predicted octanol–water partition coefficient (Wildman–Crippen LogP) is 6.00. The number of hydrogen-bond donors (Lipinski definition) is 0. The number of rotatable bonds is 6. The lowest BCUT2D eigenvalue weighted by Crippen LogP contribution is -1.90. The summed E-state index contributed by atoms with van der Waals surface area (Å²) in [6.45, 7) is 8.68. The van der Waals surface area contributed by atoms with E-state index >= 15 is 0 Å². The Kier molecular flexibility index (Phi) is 7.18. The molecule has 26 heavy (non-hydrogen) atoms. The standard InChI is InChI=1S/C21H17FO2S2/c1-4-20(23)26-19-12-9-16(13-18(19)22)6-5-15-7-10-17(11-8-15)25-21(24)14(2)3/h4-13H,1-2H2,3H3/b6-5+. The molecular formula is C21H17FO2S2. The summed E-state index contributed by atoms with van der Waals surface area (Å²) in [5.74, 6) is -0.447. The third kappa shape index (κ3) is 5.86. The SMILES string of the molecule is C=CC(=O)Sc1ccc(/C=C/c2ccc(SC(=O)C(=C)C)cc2)cc1F. The lowest BCUT2D eigenvalue weighted by atomic mass is 10.1. The molecule has 2 rings (SSSR count). The maximum Gasteiger partial charge on any atom is 0.219 e. The third-order valence-electron chi connectivity index (χ3n) is 3.24. The molecule has 5 heteroatoms. The van der Waals surface area contributed by atoms with E-state index in [1.54, 1.807) is 25.1 Å². The first-order valence-electron chi connectivity index (χ1n) is 7.68. The molecule has 0 aliphatic heterocycles. The quantitative estimate of drug-likeness (QED) is 0.348. The van der Waals surface area contributed by atoms with Crippen molar-refractivity contribution in [2.24, 2.45) is 0 Å². The van der Waals surface area contributed by atoms with Gasteiger partial charge in [-0.1, -0.05) is 43.5 Å². The topological polar surface area (TPSA) is 34.1 Å². The lowest BCUT2D eigenvalue weighted by molar-refractivity contribution is -0.108. The van der Waals surface area contributed by atoms with Crippen molar-refractivity contribution in [3.05, 3.63) is 84.2 Å². The van der Waals surface area contributed by atoms with E-state index in [2.05, 4.69) is 13.2 Å². The third-order valence-corrected chi connectivity index (χ3v) is 5.20. The number of carbonyl (C=O) groups is 2. The molecule has 0 heterocycles. The van der Waals surface area contributed by atoms with Crippen LogP contribution in [0.25, 0.3) is 12.2 Å². The fraction of sp³-hybridized carbons (Fsp3) is 0.0476. The first-order valence-corrected chi connectivity index (χ1v) is 9.32. The second-order valence-electron chi connectivity index (χ2n) is 5.39. The van der Waals surface area contributed by atoms with Crippen molar-refractivity contribution in [3.8, 4) is 0 Å². The summed E-state index contributed by atoms with van der Waals surface area (Å²) < 4.78 is 14.0. The van der Waals surface area contributed by atoms with Gasteiger partial charge in [0.1, 0.15) is 5.82 Å². The van der Waals surface area contributed by atoms with Gasteiger partial charge in [0.25, 0.3) is 0 Å². The highest BCUT2D eigenvalue weighted by Gasteiger charge is 2.07. The molecule has 0 atom stereocenters. The molecule has 2 aromatic carbocycles. The van der Waals surface area contributed by atoms with Crippen molar-refractivity contribution in [3.63, 3.8) is 0 Å². The summed E-state index contributed by atoms with van der Waals surface area (Å²) in [5.41, 5.74) is 2.13.